The van der Waals surface area contributed by atoms with Crippen molar-refractivity contribution in [3.05, 3.63) is 63.7 Å². The number of rotatable bonds is 7. The monoisotopic (exact) mass is 445 g/mol. The third-order valence-corrected chi connectivity index (χ3v) is 6.65. The summed E-state index contributed by atoms with van der Waals surface area (Å²) in [4.78, 5) is 0. The van der Waals surface area contributed by atoms with Gasteiger partial charge in [0.1, 0.15) is 31.5 Å². The quantitative estimate of drug-likeness (QED) is 0.664. The summed E-state index contributed by atoms with van der Waals surface area (Å²) in [6, 6.07) is 11.1. The van der Waals surface area contributed by atoms with E-state index in [0.29, 0.717) is 6.61 Å². The Kier molecular flexibility index (Phi) is 9.42. The van der Waals surface area contributed by atoms with Gasteiger partial charge < -0.3 is 26.7 Å². The second-order valence-electron chi connectivity index (χ2n) is 9.67. The molecule has 1 N–H and O–H groups in total. The zero-order valence-corrected chi connectivity index (χ0v) is 20.8. The van der Waals surface area contributed by atoms with E-state index < -0.39 is 6.10 Å². The van der Waals surface area contributed by atoms with E-state index in [-0.39, 0.29) is 12.4 Å². The number of hydrogen-bond acceptors (Lipinski definition) is 2. The average Bonchev–Trinajstić information content (AvgIpc) is 2.89. The van der Waals surface area contributed by atoms with Crippen LogP contribution in [-0.4, -0.2) is 41.9 Å². The largest absolute Gasteiger partial charge is 1.00 e. The zero-order valence-electron chi connectivity index (χ0n) is 20.0. The van der Waals surface area contributed by atoms with Crippen molar-refractivity contribution in [1.29, 1.82) is 0 Å². The average molecular weight is 446 g/mol. The molecule has 3 nitrogen and oxygen atoms in total. The van der Waals surface area contributed by atoms with Crippen molar-refractivity contribution in [1.82, 2.24) is 0 Å². The standard InChI is InChI=1S/C27H40NO2.ClH/c1-20-10-11-22(3)25(16-20)17-28(12-8-6-7-9-13-28)18-26(29)19-30-27-23(4)14-21(2)15-24(27)5;/h10-11,14-16,26,29H,6-9,12-13,17-19H2,1-5H3;1H/q+1;/p-1. The molecule has 1 unspecified atom stereocenters. The number of aryl methyl sites for hydroxylation is 5. The summed E-state index contributed by atoms with van der Waals surface area (Å²) in [6.07, 6.45) is 4.64. The smallest absolute Gasteiger partial charge is 0.137 e. The van der Waals surface area contributed by atoms with E-state index in [0.717, 1.165) is 47.5 Å². The van der Waals surface area contributed by atoms with Gasteiger partial charge in [-0.25, -0.2) is 0 Å². The van der Waals surface area contributed by atoms with E-state index >= 15 is 0 Å². The van der Waals surface area contributed by atoms with Crippen LogP contribution in [0.15, 0.2) is 30.3 Å². The van der Waals surface area contributed by atoms with Crippen molar-refractivity contribution < 1.29 is 26.7 Å². The molecule has 1 aliphatic heterocycles. The summed E-state index contributed by atoms with van der Waals surface area (Å²) in [5.74, 6) is 0.927. The summed E-state index contributed by atoms with van der Waals surface area (Å²) >= 11 is 0. The van der Waals surface area contributed by atoms with Crippen molar-refractivity contribution in [3.8, 4) is 5.75 Å². The minimum atomic E-state index is -0.465. The molecule has 0 saturated carbocycles. The molecule has 1 aliphatic rings. The first-order chi connectivity index (χ1) is 14.3. The fraction of sp³-hybridized carbons (Fsp3) is 0.556. The lowest BCUT2D eigenvalue weighted by atomic mass is 10.0. The molecule has 0 spiro atoms. The normalized spacial score (nSPS) is 16.8. The molecular formula is C27H40ClNO2. The van der Waals surface area contributed by atoms with Crippen molar-refractivity contribution in [3.63, 3.8) is 0 Å². The number of halogens is 1. The van der Waals surface area contributed by atoms with E-state index in [2.05, 4.69) is 65.0 Å². The lowest BCUT2D eigenvalue weighted by Gasteiger charge is -2.40. The lowest BCUT2D eigenvalue weighted by molar-refractivity contribution is -0.943. The minimum Gasteiger partial charge on any atom is -1.00 e. The molecule has 4 heteroatoms. The molecule has 1 fully saturated rings. The van der Waals surface area contributed by atoms with E-state index in [1.807, 2.05) is 0 Å². The second-order valence-corrected chi connectivity index (χ2v) is 9.67. The van der Waals surface area contributed by atoms with Crippen LogP contribution in [0, 0.1) is 34.6 Å². The number of nitrogens with zero attached hydrogens (tertiary/aromatic N) is 1. The van der Waals surface area contributed by atoms with Crippen molar-refractivity contribution in [2.24, 2.45) is 0 Å². The highest BCUT2D eigenvalue weighted by Gasteiger charge is 2.32. The predicted octanol–water partition coefficient (Wildman–Crippen LogP) is 2.56. The van der Waals surface area contributed by atoms with E-state index in [1.54, 1.807) is 0 Å². The fourth-order valence-corrected chi connectivity index (χ4v) is 5.17. The third kappa shape index (κ3) is 6.97. The van der Waals surface area contributed by atoms with Crippen molar-refractivity contribution >= 4 is 0 Å². The van der Waals surface area contributed by atoms with Crippen LogP contribution < -0.4 is 17.1 Å². The molecule has 1 atom stereocenters. The minimum absolute atomic E-state index is 0. The molecule has 1 heterocycles. The van der Waals surface area contributed by atoms with Gasteiger partial charge in [-0.2, -0.15) is 0 Å². The van der Waals surface area contributed by atoms with Gasteiger partial charge in [-0.3, -0.25) is 0 Å². The van der Waals surface area contributed by atoms with Gasteiger partial charge in [0.15, 0.2) is 0 Å². The van der Waals surface area contributed by atoms with Gasteiger partial charge in [-0.15, -0.1) is 0 Å². The van der Waals surface area contributed by atoms with E-state index in [4.69, 9.17) is 4.74 Å². The summed E-state index contributed by atoms with van der Waals surface area (Å²) < 4.78 is 7.11. The first-order valence-corrected chi connectivity index (χ1v) is 11.6. The van der Waals surface area contributed by atoms with E-state index in [1.165, 1.54) is 47.9 Å². The molecule has 0 bridgehead atoms. The van der Waals surface area contributed by atoms with Gasteiger partial charge in [0.25, 0.3) is 0 Å². The Bertz CT molecular complexity index is 833. The molecule has 0 aromatic heterocycles. The molecule has 0 amide bonds. The Hall–Kier alpha value is -1.55. The van der Waals surface area contributed by atoms with Crippen LogP contribution in [-0.2, 0) is 6.54 Å². The highest BCUT2D eigenvalue weighted by molar-refractivity contribution is 5.42. The van der Waals surface area contributed by atoms with Crippen molar-refractivity contribution in [2.45, 2.75) is 73.0 Å². The maximum absolute atomic E-state index is 11.0. The molecule has 0 aliphatic carbocycles. The number of benzene rings is 2. The molecule has 31 heavy (non-hydrogen) atoms. The summed E-state index contributed by atoms with van der Waals surface area (Å²) in [5, 5.41) is 11.0. The Morgan fingerprint density at radius 2 is 1.45 bits per heavy atom. The van der Waals surface area contributed by atoms with Gasteiger partial charge in [0, 0.05) is 5.56 Å². The van der Waals surface area contributed by atoms with Gasteiger partial charge in [0.2, 0.25) is 0 Å². The molecule has 172 valence electrons. The highest BCUT2D eigenvalue weighted by Crippen LogP contribution is 2.27. The maximum Gasteiger partial charge on any atom is 0.137 e. The number of aliphatic hydroxyl groups excluding tert-OH is 1. The van der Waals surface area contributed by atoms with Crippen LogP contribution in [0.25, 0.3) is 0 Å². The molecular weight excluding hydrogens is 406 g/mol. The third-order valence-electron chi connectivity index (χ3n) is 6.65. The number of hydrogen-bond donors (Lipinski definition) is 1. The number of quaternary nitrogens is 1. The number of aliphatic hydroxyl groups is 1. The Morgan fingerprint density at radius 3 is 2.06 bits per heavy atom. The van der Waals surface area contributed by atoms with Crippen LogP contribution in [0.1, 0.15) is 59.1 Å². The van der Waals surface area contributed by atoms with Crippen molar-refractivity contribution in [2.75, 3.05) is 26.2 Å². The van der Waals surface area contributed by atoms with Crippen LogP contribution in [0.5, 0.6) is 5.75 Å². The Labute approximate surface area is 195 Å². The van der Waals surface area contributed by atoms with Crippen LogP contribution in [0.4, 0.5) is 0 Å². The van der Waals surface area contributed by atoms with Crippen LogP contribution >= 0.6 is 0 Å². The maximum atomic E-state index is 11.0. The SMILES string of the molecule is Cc1cc(C)c(OCC(O)C[N+]2(Cc3cc(C)ccc3C)CCCCCC2)c(C)c1.[Cl-]. The van der Waals surface area contributed by atoms with Gasteiger partial charge >= 0.3 is 0 Å². The van der Waals surface area contributed by atoms with Gasteiger partial charge in [-0.1, -0.05) is 41.5 Å². The van der Waals surface area contributed by atoms with Gasteiger partial charge in [-0.05, 0) is 77.0 Å². The molecule has 0 radical (unpaired) electrons. The zero-order chi connectivity index (χ0) is 21.7. The Balaban J connectivity index is 0.00000341. The number of ether oxygens (including phenoxy) is 1. The topological polar surface area (TPSA) is 29.5 Å². The Morgan fingerprint density at radius 1 is 0.839 bits per heavy atom. The predicted molar refractivity (Wildman–Crippen MR) is 125 cm³/mol. The molecule has 2 aromatic rings. The first-order valence-electron chi connectivity index (χ1n) is 11.6. The molecule has 1 saturated heterocycles. The number of likely N-dealkylation sites (tertiary alicyclic amines) is 1. The second kappa shape index (κ2) is 11.4. The molecule has 3 rings (SSSR count). The van der Waals surface area contributed by atoms with Crippen LogP contribution in [0.3, 0.4) is 0 Å². The lowest BCUT2D eigenvalue weighted by Crippen LogP contribution is -3.00. The van der Waals surface area contributed by atoms with E-state index in [9.17, 15) is 5.11 Å². The summed E-state index contributed by atoms with van der Waals surface area (Å²) in [5.41, 5.74) is 7.65. The van der Waals surface area contributed by atoms with Gasteiger partial charge in [0.05, 0.1) is 13.1 Å². The summed E-state index contributed by atoms with van der Waals surface area (Å²) in [7, 11) is 0. The fourth-order valence-electron chi connectivity index (χ4n) is 5.17. The first kappa shape index (κ1) is 25.7. The van der Waals surface area contributed by atoms with Crippen LogP contribution in [0.2, 0.25) is 0 Å². The molecule has 2 aromatic carbocycles. The highest BCUT2D eigenvalue weighted by atomic mass is 35.5. The summed E-state index contributed by atoms with van der Waals surface area (Å²) in [6.45, 7) is 15.1.